The summed E-state index contributed by atoms with van der Waals surface area (Å²) < 4.78 is 37.5. The molecule has 1 fully saturated rings. The summed E-state index contributed by atoms with van der Waals surface area (Å²) in [5.74, 6) is 0. The Morgan fingerprint density at radius 1 is 1.12 bits per heavy atom. The van der Waals surface area contributed by atoms with Crippen molar-refractivity contribution in [1.82, 2.24) is 0 Å². The summed E-state index contributed by atoms with van der Waals surface area (Å²) in [6, 6.07) is 0. The van der Waals surface area contributed by atoms with Crippen molar-refractivity contribution in [2.45, 2.75) is 63.7 Å². The van der Waals surface area contributed by atoms with E-state index in [4.69, 9.17) is 0 Å². The fourth-order valence-corrected chi connectivity index (χ4v) is 5.49. The van der Waals surface area contributed by atoms with E-state index in [1.807, 2.05) is 0 Å². The first-order valence-electron chi connectivity index (χ1n) is 6.33. The van der Waals surface area contributed by atoms with Crippen LogP contribution >= 0.6 is 7.92 Å². The molecule has 4 heteroatoms. The molecule has 0 aromatic rings. The van der Waals surface area contributed by atoms with Crippen LogP contribution in [0.1, 0.15) is 51.9 Å². The minimum atomic E-state index is -3.95. The van der Waals surface area contributed by atoms with Gasteiger partial charge in [-0.15, -0.1) is 0 Å². The first kappa shape index (κ1) is 14.3. The highest BCUT2D eigenvalue weighted by Gasteiger charge is 2.35. The Bertz CT molecular complexity index is 185. The van der Waals surface area contributed by atoms with Crippen LogP contribution in [0.4, 0.5) is 13.2 Å². The molecule has 1 saturated carbocycles. The topological polar surface area (TPSA) is 0 Å². The quantitative estimate of drug-likeness (QED) is 0.594. The third-order valence-electron chi connectivity index (χ3n) is 3.27. The van der Waals surface area contributed by atoms with Crippen molar-refractivity contribution in [2.75, 3.05) is 12.3 Å². The van der Waals surface area contributed by atoms with Gasteiger partial charge >= 0.3 is 6.18 Å². The molecule has 0 aromatic carbocycles. The lowest BCUT2D eigenvalue weighted by Crippen LogP contribution is -2.21. The van der Waals surface area contributed by atoms with Crippen molar-refractivity contribution >= 4 is 7.92 Å². The molecule has 0 heterocycles. The Kier molecular flexibility index (Phi) is 6.10. The zero-order valence-electron chi connectivity index (χ0n) is 10.0. The summed E-state index contributed by atoms with van der Waals surface area (Å²) in [6.45, 7) is 2.06. The lowest BCUT2D eigenvalue weighted by atomic mass is 10.0. The maximum Gasteiger partial charge on any atom is 0.392 e. The van der Waals surface area contributed by atoms with Crippen LogP contribution in [0.3, 0.4) is 0 Å². The number of rotatable bonds is 5. The Labute approximate surface area is 97.7 Å². The van der Waals surface area contributed by atoms with Crippen LogP contribution in [0, 0.1) is 0 Å². The average Bonchev–Trinajstić information content (AvgIpc) is 2.24. The molecule has 1 aliphatic carbocycles. The van der Waals surface area contributed by atoms with Gasteiger partial charge in [-0.3, -0.25) is 0 Å². The van der Waals surface area contributed by atoms with Gasteiger partial charge in [-0.25, -0.2) is 0 Å². The van der Waals surface area contributed by atoms with Crippen molar-refractivity contribution in [3.63, 3.8) is 0 Å². The zero-order valence-corrected chi connectivity index (χ0v) is 10.9. The smallest absolute Gasteiger partial charge is 0.171 e. The van der Waals surface area contributed by atoms with E-state index in [-0.39, 0.29) is 0 Å². The molecule has 0 spiro atoms. The van der Waals surface area contributed by atoms with Crippen molar-refractivity contribution in [1.29, 1.82) is 0 Å². The molecule has 0 aromatic heterocycles. The molecule has 0 radical (unpaired) electrons. The molecule has 0 N–H and O–H groups in total. The maximum atomic E-state index is 12.5. The van der Waals surface area contributed by atoms with Crippen molar-refractivity contribution in [3.8, 4) is 0 Å². The van der Waals surface area contributed by atoms with Gasteiger partial charge in [0, 0.05) is 0 Å². The van der Waals surface area contributed by atoms with Crippen LogP contribution < -0.4 is 0 Å². The lowest BCUT2D eigenvalue weighted by Gasteiger charge is -2.31. The molecule has 0 amide bonds. The van der Waals surface area contributed by atoms with Crippen LogP contribution in [-0.2, 0) is 0 Å². The number of halogens is 3. The summed E-state index contributed by atoms with van der Waals surface area (Å²) in [5, 5.41) is 0. The van der Waals surface area contributed by atoms with Crippen LogP contribution in [0.15, 0.2) is 0 Å². The number of alkyl halides is 3. The summed E-state index contributed by atoms with van der Waals surface area (Å²) >= 11 is 0. The number of hydrogen-bond acceptors (Lipinski definition) is 0. The minimum absolute atomic E-state index is 0.400. The van der Waals surface area contributed by atoms with Gasteiger partial charge in [0.2, 0.25) is 0 Å². The van der Waals surface area contributed by atoms with Crippen molar-refractivity contribution < 1.29 is 13.2 Å². The monoisotopic (exact) mass is 254 g/mol. The highest BCUT2D eigenvalue weighted by Crippen LogP contribution is 2.51. The first-order valence-corrected chi connectivity index (χ1v) is 8.12. The molecule has 96 valence electrons. The van der Waals surface area contributed by atoms with Crippen LogP contribution in [0.5, 0.6) is 0 Å². The van der Waals surface area contributed by atoms with E-state index < -0.39 is 20.3 Å². The summed E-state index contributed by atoms with van der Waals surface area (Å²) in [4.78, 5) is 0. The van der Waals surface area contributed by atoms with Gasteiger partial charge in [0.15, 0.2) is 0 Å². The van der Waals surface area contributed by atoms with E-state index >= 15 is 0 Å². The second-order valence-electron chi connectivity index (χ2n) is 4.73. The molecular weight excluding hydrogens is 232 g/mol. The van der Waals surface area contributed by atoms with E-state index in [9.17, 15) is 13.2 Å². The van der Waals surface area contributed by atoms with E-state index in [2.05, 4.69) is 6.92 Å². The Balaban J connectivity index is 2.47. The Morgan fingerprint density at radius 3 is 2.25 bits per heavy atom. The third kappa shape index (κ3) is 5.52. The molecule has 1 rings (SSSR count). The van der Waals surface area contributed by atoms with Crippen molar-refractivity contribution in [3.05, 3.63) is 0 Å². The average molecular weight is 254 g/mol. The predicted octanol–water partition coefficient (Wildman–Crippen LogP) is 5.16. The standard InChI is InChI=1S/C12H22F3P/c1-2-3-9-16(10-12(13,14)15)11-7-5-4-6-8-11/h11H,2-10H2,1H3. The van der Waals surface area contributed by atoms with Gasteiger partial charge in [0.25, 0.3) is 0 Å². The molecule has 1 unspecified atom stereocenters. The second-order valence-corrected chi connectivity index (χ2v) is 7.40. The molecular formula is C12H22F3P. The Hall–Kier alpha value is 0.220. The maximum absolute atomic E-state index is 12.5. The third-order valence-corrected chi connectivity index (χ3v) is 6.48. The summed E-state index contributed by atoms with van der Waals surface area (Å²) in [7, 11) is -0.798. The predicted molar refractivity (Wildman–Crippen MR) is 64.5 cm³/mol. The molecule has 0 nitrogen and oxygen atoms in total. The summed E-state index contributed by atoms with van der Waals surface area (Å²) in [6.07, 6.45) is 3.99. The van der Waals surface area contributed by atoms with Crippen LogP contribution in [0.2, 0.25) is 0 Å². The summed E-state index contributed by atoms with van der Waals surface area (Å²) in [5.41, 5.74) is 0.400. The molecule has 0 bridgehead atoms. The number of unbranched alkanes of at least 4 members (excludes halogenated alkanes) is 1. The molecule has 1 atom stereocenters. The Morgan fingerprint density at radius 2 is 1.75 bits per heavy atom. The minimum Gasteiger partial charge on any atom is -0.171 e. The molecule has 16 heavy (non-hydrogen) atoms. The van der Waals surface area contributed by atoms with Gasteiger partial charge in [-0.1, -0.05) is 40.5 Å². The van der Waals surface area contributed by atoms with Gasteiger partial charge in [0.05, 0.1) is 6.16 Å². The van der Waals surface area contributed by atoms with E-state index in [1.165, 1.54) is 6.42 Å². The second kappa shape index (κ2) is 6.83. The van der Waals surface area contributed by atoms with Gasteiger partial charge < -0.3 is 0 Å². The van der Waals surface area contributed by atoms with E-state index in [0.29, 0.717) is 5.66 Å². The first-order chi connectivity index (χ1) is 7.53. The van der Waals surface area contributed by atoms with Crippen LogP contribution in [0.25, 0.3) is 0 Å². The number of hydrogen-bond donors (Lipinski definition) is 0. The van der Waals surface area contributed by atoms with Crippen molar-refractivity contribution in [2.24, 2.45) is 0 Å². The highest BCUT2D eigenvalue weighted by atomic mass is 31.1. The lowest BCUT2D eigenvalue weighted by molar-refractivity contribution is -0.106. The van der Waals surface area contributed by atoms with E-state index in [1.54, 1.807) is 0 Å². The highest BCUT2D eigenvalue weighted by molar-refractivity contribution is 7.58. The normalized spacial score (nSPS) is 21.0. The van der Waals surface area contributed by atoms with Gasteiger partial charge in [0.1, 0.15) is 0 Å². The SMILES string of the molecule is CCCCP(CC(F)(F)F)C1CCCCC1. The van der Waals surface area contributed by atoms with E-state index in [0.717, 1.165) is 44.7 Å². The fourth-order valence-electron chi connectivity index (χ4n) is 2.43. The largest absolute Gasteiger partial charge is 0.392 e. The van der Waals surface area contributed by atoms with Crippen LogP contribution in [-0.4, -0.2) is 24.2 Å². The molecule has 1 aliphatic rings. The van der Waals surface area contributed by atoms with Gasteiger partial charge in [-0.2, -0.15) is 13.2 Å². The molecule has 0 saturated heterocycles. The van der Waals surface area contributed by atoms with Gasteiger partial charge in [-0.05, 0) is 31.1 Å². The zero-order chi connectivity index (χ0) is 12.0. The molecule has 0 aliphatic heterocycles. The fraction of sp³-hybridized carbons (Fsp3) is 1.00.